The van der Waals surface area contributed by atoms with Crippen molar-refractivity contribution in [2.24, 2.45) is 5.92 Å². The minimum absolute atomic E-state index is 0.0346. The van der Waals surface area contributed by atoms with Gasteiger partial charge in [-0.3, -0.25) is 0 Å². The zero-order valence-electron chi connectivity index (χ0n) is 10.3. The molecule has 1 aromatic rings. The molecule has 2 unspecified atom stereocenters. The third-order valence-electron chi connectivity index (χ3n) is 3.06. The van der Waals surface area contributed by atoms with Gasteiger partial charge in [0.1, 0.15) is 11.9 Å². The number of aliphatic hydroxyl groups excluding tert-OH is 2. The van der Waals surface area contributed by atoms with Crippen LogP contribution in [-0.2, 0) is 0 Å². The van der Waals surface area contributed by atoms with Crippen LogP contribution in [0.4, 0.5) is 0 Å². The Morgan fingerprint density at radius 3 is 2.18 bits per heavy atom. The number of hydrogen-bond acceptors (Lipinski definition) is 3. The SMILES string of the molecule is CC(C)C(O)C(O)c1ccc(OC2CC2)cc1. The Labute approximate surface area is 102 Å². The fraction of sp³-hybridized carbons (Fsp3) is 0.571. The molecule has 0 saturated heterocycles. The van der Waals surface area contributed by atoms with Crippen LogP contribution in [-0.4, -0.2) is 22.4 Å². The predicted octanol–water partition coefficient (Wildman–Crippen LogP) is 2.28. The highest BCUT2D eigenvalue weighted by atomic mass is 16.5. The molecule has 0 radical (unpaired) electrons. The van der Waals surface area contributed by atoms with Crippen molar-refractivity contribution in [3.05, 3.63) is 29.8 Å². The van der Waals surface area contributed by atoms with Gasteiger partial charge in [-0.1, -0.05) is 26.0 Å². The largest absolute Gasteiger partial charge is 0.490 e. The molecule has 2 rings (SSSR count). The molecule has 0 aliphatic heterocycles. The van der Waals surface area contributed by atoms with Crippen molar-refractivity contribution in [2.45, 2.75) is 45.0 Å². The molecule has 0 amide bonds. The third-order valence-corrected chi connectivity index (χ3v) is 3.06. The molecule has 0 heterocycles. The summed E-state index contributed by atoms with van der Waals surface area (Å²) in [6.45, 7) is 3.77. The van der Waals surface area contributed by atoms with E-state index in [1.807, 2.05) is 38.1 Å². The van der Waals surface area contributed by atoms with Crippen LogP contribution in [0.2, 0.25) is 0 Å². The Kier molecular flexibility index (Phi) is 3.69. The molecule has 1 aliphatic carbocycles. The van der Waals surface area contributed by atoms with Crippen molar-refractivity contribution in [3.63, 3.8) is 0 Å². The molecule has 2 N–H and O–H groups in total. The summed E-state index contributed by atoms with van der Waals surface area (Å²) in [5, 5.41) is 19.7. The van der Waals surface area contributed by atoms with Crippen LogP contribution in [0.1, 0.15) is 38.4 Å². The van der Waals surface area contributed by atoms with Crippen LogP contribution >= 0.6 is 0 Å². The number of benzene rings is 1. The van der Waals surface area contributed by atoms with E-state index in [0.29, 0.717) is 6.10 Å². The van der Waals surface area contributed by atoms with Gasteiger partial charge in [0.2, 0.25) is 0 Å². The monoisotopic (exact) mass is 236 g/mol. The average molecular weight is 236 g/mol. The zero-order valence-corrected chi connectivity index (χ0v) is 10.3. The Morgan fingerprint density at radius 1 is 1.12 bits per heavy atom. The van der Waals surface area contributed by atoms with Crippen LogP contribution in [0.25, 0.3) is 0 Å². The first kappa shape index (κ1) is 12.4. The normalized spacial score (nSPS) is 19.1. The predicted molar refractivity (Wildman–Crippen MR) is 65.9 cm³/mol. The first-order chi connectivity index (χ1) is 8.08. The third kappa shape index (κ3) is 3.20. The fourth-order valence-electron chi connectivity index (χ4n) is 1.68. The van der Waals surface area contributed by atoms with E-state index in [1.54, 1.807) is 0 Å². The minimum atomic E-state index is -0.829. The molecule has 0 aromatic heterocycles. The molecular formula is C14H20O3. The quantitative estimate of drug-likeness (QED) is 0.824. The average Bonchev–Trinajstić information content (AvgIpc) is 3.12. The summed E-state index contributed by atoms with van der Waals surface area (Å²) in [6.07, 6.45) is 1.09. The molecule has 1 saturated carbocycles. The van der Waals surface area contributed by atoms with Gasteiger partial charge >= 0.3 is 0 Å². The molecule has 3 nitrogen and oxygen atoms in total. The van der Waals surface area contributed by atoms with Crippen LogP contribution in [0.5, 0.6) is 5.75 Å². The Morgan fingerprint density at radius 2 is 1.71 bits per heavy atom. The fourth-order valence-corrected chi connectivity index (χ4v) is 1.68. The number of ether oxygens (including phenoxy) is 1. The van der Waals surface area contributed by atoms with E-state index < -0.39 is 12.2 Å². The first-order valence-electron chi connectivity index (χ1n) is 6.20. The van der Waals surface area contributed by atoms with Gasteiger partial charge in [0.05, 0.1) is 12.2 Å². The van der Waals surface area contributed by atoms with Crippen LogP contribution in [0, 0.1) is 5.92 Å². The highest BCUT2D eigenvalue weighted by Crippen LogP contribution is 2.28. The highest BCUT2D eigenvalue weighted by Gasteiger charge is 2.24. The lowest BCUT2D eigenvalue weighted by Crippen LogP contribution is -2.23. The van der Waals surface area contributed by atoms with Gasteiger partial charge in [-0.15, -0.1) is 0 Å². The molecule has 2 atom stereocenters. The van der Waals surface area contributed by atoms with Gasteiger partial charge in [0.15, 0.2) is 0 Å². The number of aliphatic hydroxyl groups is 2. The van der Waals surface area contributed by atoms with Crippen molar-refractivity contribution in [1.82, 2.24) is 0 Å². The van der Waals surface area contributed by atoms with Crippen LogP contribution in [0.3, 0.4) is 0 Å². The van der Waals surface area contributed by atoms with Gasteiger partial charge in [-0.25, -0.2) is 0 Å². The number of rotatable bonds is 5. The van der Waals surface area contributed by atoms with E-state index in [0.717, 1.165) is 24.2 Å². The molecule has 3 heteroatoms. The Balaban J connectivity index is 2.00. The minimum Gasteiger partial charge on any atom is -0.490 e. The van der Waals surface area contributed by atoms with Gasteiger partial charge < -0.3 is 14.9 Å². The second-order valence-corrected chi connectivity index (χ2v) is 5.07. The maximum atomic E-state index is 9.95. The molecular weight excluding hydrogens is 216 g/mol. The smallest absolute Gasteiger partial charge is 0.119 e. The van der Waals surface area contributed by atoms with Crippen LogP contribution < -0.4 is 4.74 Å². The van der Waals surface area contributed by atoms with E-state index in [1.165, 1.54) is 0 Å². The molecule has 1 aromatic carbocycles. The lowest BCUT2D eigenvalue weighted by Gasteiger charge is -2.21. The van der Waals surface area contributed by atoms with Crippen molar-refractivity contribution in [1.29, 1.82) is 0 Å². The Hall–Kier alpha value is -1.06. The van der Waals surface area contributed by atoms with E-state index in [2.05, 4.69) is 0 Å². The van der Waals surface area contributed by atoms with E-state index >= 15 is 0 Å². The second-order valence-electron chi connectivity index (χ2n) is 5.07. The second kappa shape index (κ2) is 5.07. The maximum absolute atomic E-state index is 9.95. The van der Waals surface area contributed by atoms with Crippen LogP contribution in [0.15, 0.2) is 24.3 Å². The molecule has 0 spiro atoms. The maximum Gasteiger partial charge on any atom is 0.119 e. The summed E-state index contributed by atoms with van der Waals surface area (Å²) in [7, 11) is 0. The van der Waals surface area contributed by atoms with Crippen molar-refractivity contribution >= 4 is 0 Å². The summed E-state index contributed by atoms with van der Waals surface area (Å²) >= 11 is 0. The van der Waals surface area contributed by atoms with Gasteiger partial charge in [0, 0.05) is 0 Å². The highest BCUT2D eigenvalue weighted by molar-refractivity contribution is 5.29. The topological polar surface area (TPSA) is 49.7 Å². The van der Waals surface area contributed by atoms with E-state index in [4.69, 9.17) is 4.74 Å². The van der Waals surface area contributed by atoms with Crippen molar-refractivity contribution < 1.29 is 14.9 Å². The zero-order chi connectivity index (χ0) is 12.4. The standard InChI is InChI=1S/C14H20O3/c1-9(2)13(15)14(16)10-3-5-11(6-4-10)17-12-7-8-12/h3-6,9,12-16H,7-8H2,1-2H3. The first-order valence-corrected chi connectivity index (χ1v) is 6.20. The Bertz CT molecular complexity index is 354. The van der Waals surface area contributed by atoms with Gasteiger partial charge in [-0.2, -0.15) is 0 Å². The van der Waals surface area contributed by atoms with E-state index in [9.17, 15) is 10.2 Å². The summed E-state index contributed by atoms with van der Waals surface area (Å²) in [5.74, 6) is 0.870. The van der Waals surface area contributed by atoms with Gasteiger partial charge in [-0.05, 0) is 36.5 Å². The summed E-state index contributed by atoms with van der Waals surface area (Å²) in [6, 6.07) is 7.33. The molecule has 17 heavy (non-hydrogen) atoms. The van der Waals surface area contributed by atoms with E-state index in [-0.39, 0.29) is 5.92 Å². The van der Waals surface area contributed by atoms with Gasteiger partial charge in [0.25, 0.3) is 0 Å². The summed E-state index contributed by atoms with van der Waals surface area (Å²) < 4.78 is 5.62. The molecule has 0 bridgehead atoms. The van der Waals surface area contributed by atoms with Crippen molar-refractivity contribution in [2.75, 3.05) is 0 Å². The lowest BCUT2D eigenvalue weighted by molar-refractivity contribution is -0.00941. The summed E-state index contributed by atoms with van der Waals surface area (Å²) in [4.78, 5) is 0. The lowest BCUT2D eigenvalue weighted by atomic mass is 9.96. The molecule has 1 aliphatic rings. The molecule has 94 valence electrons. The molecule has 1 fully saturated rings. The number of hydrogen-bond donors (Lipinski definition) is 2. The van der Waals surface area contributed by atoms with Crippen molar-refractivity contribution in [3.8, 4) is 5.75 Å². The summed E-state index contributed by atoms with van der Waals surface area (Å²) in [5.41, 5.74) is 0.731.